The quantitative estimate of drug-likeness (QED) is 0.359. The minimum Gasteiger partial charge on any atom is -0.392 e. The van der Waals surface area contributed by atoms with Gasteiger partial charge in [-0.2, -0.15) is 0 Å². The zero-order valence-electron chi connectivity index (χ0n) is 23.0. The van der Waals surface area contributed by atoms with Gasteiger partial charge in [-0.05, 0) is 54.8 Å². The van der Waals surface area contributed by atoms with Gasteiger partial charge in [0.25, 0.3) is 0 Å². The molecule has 2 aliphatic heterocycles. The van der Waals surface area contributed by atoms with E-state index in [9.17, 15) is 13.5 Å². The second kappa shape index (κ2) is 13.9. The van der Waals surface area contributed by atoms with Crippen molar-refractivity contribution in [1.82, 2.24) is 9.62 Å². The number of nitrogens with one attached hydrogen (secondary N) is 1. The van der Waals surface area contributed by atoms with E-state index in [1.165, 1.54) is 32.1 Å². The van der Waals surface area contributed by atoms with Crippen LogP contribution in [0.3, 0.4) is 0 Å². The van der Waals surface area contributed by atoms with Crippen molar-refractivity contribution in [2.45, 2.75) is 75.1 Å². The number of ether oxygens (including phenoxy) is 2. The van der Waals surface area contributed by atoms with Gasteiger partial charge in [-0.1, -0.05) is 86.0 Å². The summed E-state index contributed by atoms with van der Waals surface area (Å²) in [5.41, 5.74) is 3.72. The SMILES string of the molecule is O=S(=O)(NCc1ccc([C@H]2O[C@@H](CN3CCCCCCC3)C[C@@H](c3ccc(CO)cc3)O2)cc1)c1ccccc1. The Balaban J connectivity index is 1.28. The van der Waals surface area contributed by atoms with E-state index in [1.807, 2.05) is 48.5 Å². The molecular weight excluding hydrogens is 524 g/mol. The van der Waals surface area contributed by atoms with Crippen LogP contribution in [0.5, 0.6) is 0 Å². The molecular formula is C32H40N2O5S. The van der Waals surface area contributed by atoms with Gasteiger partial charge in [-0.15, -0.1) is 0 Å². The lowest BCUT2D eigenvalue weighted by atomic mass is 9.99. The second-order valence-electron chi connectivity index (χ2n) is 10.8. The molecule has 2 heterocycles. The Kier molecular flexibility index (Phi) is 10.0. The van der Waals surface area contributed by atoms with Gasteiger partial charge in [-0.3, -0.25) is 0 Å². The van der Waals surface area contributed by atoms with Crippen LogP contribution in [0.25, 0.3) is 0 Å². The minimum atomic E-state index is -3.58. The number of rotatable bonds is 9. The van der Waals surface area contributed by atoms with Crippen LogP contribution in [0, 0.1) is 0 Å². The molecule has 3 aromatic rings. The minimum absolute atomic E-state index is 0.0168. The van der Waals surface area contributed by atoms with E-state index in [2.05, 4.69) is 9.62 Å². The van der Waals surface area contributed by atoms with Crippen molar-refractivity contribution >= 4 is 10.0 Å². The number of aliphatic hydroxyl groups excluding tert-OH is 1. The van der Waals surface area contributed by atoms with E-state index in [0.717, 1.165) is 48.3 Å². The van der Waals surface area contributed by atoms with Crippen molar-refractivity contribution in [2.24, 2.45) is 0 Å². The number of hydrogen-bond acceptors (Lipinski definition) is 6. The molecule has 0 unspecified atom stereocenters. The predicted molar refractivity (Wildman–Crippen MR) is 155 cm³/mol. The lowest BCUT2D eigenvalue weighted by Crippen LogP contribution is -2.40. The number of aliphatic hydroxyl groups is 1. The Bertz CT molecular complexity index is 1290. The molecule has 0 saturated carbocycles. The van der Waals surface area contributed by atoms with Gasteiger partial charge in [0.15, 0.2) is 6.29 Å². The summed E-state index contributed by atoms with van der Waals surface area (Å²) in [4.78, 5) is 2.79. The third kappa shape index (κ3) is 7.78. The van der Waals surface area contributed by atoms with Crippen molar-refractivity contribution in [3.05, 3.63) is 101 Å². The fourth-order valence-corrected chi connectivity index (χ4v) is 6.51. The van der Waals surface area contributed by atoms with Crippen molar-refractivity contribution in [3.63, 3.8) is 0 Å². The van der Waals surface area contributed by atoms with Gasteiger partial charge >= 0.3 is 0 Å². The zero-order valence-corrected chi connectivity index (χ0v) is 23.8. The fraction of sp³-hybridized carbons (Fsp3) is 0.438. The van der Waals surface area contributed by atoms with E-state index in [0.29, 0.717) is 0 Å². The topological polar surface area (TPSA) is 88.1 Å². The van der Waals surface area contributed by atoms with E-state index < -0.39 is 16.3 Å². The first-order valence-electron chi connectivity index (χ1n) is 14.4. The number of benzene rings is 3. The molecule has 2 saturated heterocycles. The van der Waals surface area contributed by atoms with Gasteiger partial charge in [0.05, 0.1) is 23.7 Å². The highest BCUT2D eigenvalue weighted by molar-refractivity contribution is 7.89. The second-order valence-corrected chi connectivity index (χ2v) is 12.6. The van der Waals surface area contributed by atoms with Crippen LogP contribution in [0.1, 0.15) is 73.2 Å². The highest BCUT2D eigenvalue weighted by Crippen LogP contribution is 2.38. The Hall–Kier alpha value is -2.59. The molecule has 0 aliphatic carbocycles. The van der Waals surface area contributed by atoms with Crippen molar-refractivity contribution in [2.75, 3.05) is 19.6 Å². The summed E-state index contributed by atoms with van der Waals surface area (Å²) in [7, 11) is -3.58. The molecule has 5 rings (SSSR count). The van der Waals surface area contributed by atoms with Crippen LogP contribution in [0.2, 0.25) is 0 Å². The molecule has 2 fully saturated rings. The molecule has 40 heavy (non-hydrogen) atoms. The standard InChI is InChI=1S/C32H40N2O5S/c35-24-26-13-15-27(16-14-26)31-21-29(23-34-19-7-2-1-3-8-20-34)38-32(39-31)28-17-11-25(12-18-28)22-33-40(36,37)30-9-5-4-6-10-30/h4-6,9-18,29,31-33,35H,1-3,7-8,19-24H2/t29-,31+,32+/m1/s1. The molecule has 2 aliphatic rings. The highest BCUT2D eigenvalue weighted by Gasteiger charge is 2.33. The van der Waals surface area contributed by atoms with Gasteiger partial charge in [0, 0.05) is 25.1 Å². The largest absolute Gasteiger partial charge is 0.392 e. The molecule has 7 nitrogen and oxygen atoms in total. The summed E-state index contributed by atoms with van der Waals surface area (Å²) in [5, 5.41) is 9.47. The smallest absolute Gasteiger partial charge is 0.240 e. The van der Waals surface area contributed by atoms with E-state index in [1.54, 1.807) is 30.3 Å². The lowest BCUT2D eigenvalue weighted by Gasteiger charge is -2.38. The number of sulfonamides is 1. The third-order valence-corrected chi connectivity index (χ3v) is 9.21. The summed E-state index contributed by atoms with van der Waals surface area (Å²) in [6.07, 6.45) is 6.53. The van der Waals surface area contributed by atoms with Crippen LogP contribution in [-0.2, 0) is 32.6 Å². The van der Waals surface area contributed by atoms with Crippen molar-refractivity contribution < 1.29 is 23.0 Å². The Morgan fingerprint density at radius 2 is 1.40 bits per heavy atom. The molecule has 3 aromatic carbocycles. The number of hydrogen-bond donors (Lipinski definition) is 2. The van der Waals surface area contributed by atoms with Crippen LogP contribution < -0.4 is 4.72 Å². The number of likely N-dealkylation sites (tertiary alicyclic amines) is 1. The Morgan fingerprint density at radius 1 is 0.775 bits per heavy atom. The number of nitrogens with zero attached hydrogens (tertiary/aromatic N) is 1. The predicted octanol–water partition coefficient (Wildman–Crippen LogP) is 5.47. The van der Waals surface area contributed by atoms with E-state index >= 15 is 0 Å². The molecule has 0 radical (unpaired) electrons. The average Bonchev–Trinajstić information content (AvgIpc) is 2.98. The monoisotopic (exact) mass is 564 g/mol. The summed E-state index contributed by atoms with van der Waals surface area (Å²) in [6.45, 7) is 3.30. The van der Waals surface area contributed by atoms with Crippen LogP contribution in [0.4, 0.5) is 0 Å². The summed E-state index contributed by atoms with van der Waals surface area (Å²) in [6, 6.07) is 24.1. The lowest BCUT2D eigenvalue weighted by molar-refractivity contribution is -0.253. The molecule has 0 amide bonds. The summed E-state index contributed by atoms with van der Waals surface area (Å²) >= 11 is 0. The molecule has 8 heteroatoms. The van der Waals surface area contributed by atoms with Crippen LogP contribution in [0.15, 0.2) is 83.8 Å². The summed E-state index contributed by atoms with van der Waals surface area (Å²) in [5.74, 6) is 0. The maximum atomic E-state index is 12.6. The van der Waals surface area contributed by atoms with Gasteiger partial charge in [-0.25, -0.2) is 13.1 Å². The molecule has 0 aromatic heterocycles. The molecule has 214 valence electrons. The Morgan fingerprint density at radius 3 is 2.08 bits per heavy atom. The maximum absolute atomic E-state index is 12.6. The van der Waals surface area contributed by atoms with Gasteiger partial charge in [0.2, 0.25) is 10.0 Å². The van der Waals surface area contributed by atoms with E-state index in [-0.39, 0.29) is 30.3 Å². The molecule has 3 atom stereocenters. The first kappa shape index (κ1) is 28.9. The summed E-state index contributed by atoms with van der Waals surface area (Å²) < 4.78 is 40.9. The molecule has 2 N–H and O–H groups in total. The molecule has 0 spiro atoms. The first-order valence-corrected chi connectivity index (χ1v) is 15.8. The van der Waals surface area contributed by atoms with Gasteiger partial charge < -0.3 is 19.5 Å². The Labute approximate surface area is 238 Å². The van der Waals surface area contributed by atoms with Crippen molar-refractivity contribution in [3.8, 4) is 0 Å². The molecule has 0 bridgehead atoms. The average molecular weight is 565 g/mol. The van der Waals surface area contributed by atoms with Gasteiger partial charge in [0.1, 0.15) is 0 Å². The zero-order chi connectivity index (χ0) is 27.8. The normalized spacial score (nSPS) is 22.9. The van der Waals surface area contributed by atoms with Crippen LogP contribution in [-0.4, -0.2) is 44.2 Å². The highest BCUT2D eigenvalue weighted by atomic mass is 32.2. The third-order valence-electron chi connectivity index (χ3n) is 7.80. The van der Waals surface area contributed by atoms with Crippen LogP contribution >= 0.6 is 0 Å². The van der Waals surface area contributed by atoms with E-state index in [4.69, 9.17) is 9.47 Å². The fourth-order valence-electron chi connectivity index (χ4n) is 5.47. The maximum Gasteiger partial charge on any atom is 0.240 e. The first-order chi connectivity index (χ1) is 19.5. The van der Waals surface area contributed by atoms with Crippen molar-refractivity contribution in [1.29, 1.82) is 0 Å².